The molecule has 94 valence electrons. The second-order valence-electron chi connectivity index (χ2n) is 4.25. The van der Waals surface area contributed by atoms with Crippen molar-refractivity contribution in [3.8, 4) is 0 Å². The van der Waals surface area contributed by atoms with Gasteiger partial charge in [-0.25, -0.2) is 0 Å². The average Bonchev–Trinajstić information content (AvgIpc) is 2.35. The third kappa shape index (κ3) is 5.75. The lowest BCUT2D eigenvalue weighted by Crippen LogP contribution is -2.32. The smallest absolute Gasteiger partial charge is 0.230 e. The number of nitrogens with one attached hydrogen (secondary N) is 1. The standard InChI is InChI=1S/C13H20N2OS/c1-10-3-5-12(6-4-10)17-9-13(16)15-8-11(2)7-14/h3-6,11H,7-9,14H2,1-2H3,(H,15,16). The van der Waals surface area contributed by atoms with E-state index in [-0.39, 0.29) is 5.91 Å². The first-order valence-electron chi connectivity index (χ1n) is 5.78. The highest BCUT2D eigenvalue weighted by Crippen LogP contribution is 2.17. The molecular weight excluding hydrogens is 232 g/mol. The van der Waals surface area contributed by atoms with E-state index in [4.69, 9.17) is 5.73 Å². The van der Waals surface area contributed by atoms with Crippen LogP contribution in [0, 0.1) is 12.8 Å². The van der Waals surface area contributed by atoms with Crippen molar-refractivity contribution in [3.63, 3.8) is 0 Å². The fourth-order valence-corrected chi connectivity index (χ4v) is 1.93. The Morgan fingerprint density at radius 1 is 1.41 bits per heavy atom. The van der Waals surface area contributed by atoms with Gasteiger partial charge in [0.2, 0.25) is 5.91 Å². The summed E-state index contributed by atoms with van der Waals surface area (Å²) < 4.78 is 0. The molecule has 0 aliphatic rings. The highest BCUT2D eigenvalue weighted by atomic mass is 32.2. The molecule has 0 saturated carbocycles. The van der Waals surface area contributed by atoms with Crippen LogP contribution in [0.1, 0.15) is 12.5 Å². The van der Waals surface area contributed by atoms with Crippen LogP contribution in [-0.4, -0.2) is 24.7 Å². The number of benzene rings is 1. The van der Waals surface area contributed by atoms with E-state index in [2.05, 4.69) is 24.4 Å². The van der Waals surface area contributed by atoms with Crippen LogP contribution < -0.4 is 11.1 Å². The Labute approximate surface area is 107 Å². The van der Waals surface area contributed by atoms with Gasteiger partial charge in [0.15, 0.2) is 0 Å². The molecule has 4 heteroatoms. The predicted molar refractivity (Wildman–Crippen MR) is 73.1 cm³/mol. The van der Waals surface area contributed by atoms with E-state index in [1.807, 2.05) is 19.1 Å². The summed E-state index contributed by atoms with van der Waals surface area (Å²) in [5.41, 5.74) is 6.71. The maximum Gasteiger partial charge on any atom is 0.230 e. The van der Waals surface area contributed by atoms with Crippen LogP contribution in [0.4, 0.5) is 0 Å². The largest absolute Gasteiger partial charge is 0.355 e. The van der Waals surface area contributed by atoms with Gasteiger partial charge in [0.25, 0.3) is 0 Å². The molecule has 1 atom stereocenters. The second-order valence-corrected chi connectivity index (χ2v) is 5.30. The first-order valence-corrected chi connectivity index (χ1v) is 6.76. The maximum atomic E-state index is 11.5. The summed E-state index contributed by atoms with van der Waals surface area (Å²) in [6.07, 6.45) is 0. The summed E-state index contributed by atoms with van der Waals surface area (Å²) in [5.74, 6) is 0.861. The van der Waals surface area contributed by atoms with Crippen LogP contribution in [0.15, 0.2) is 29.2 Å². The zero-order chi connectivity index (χ0) is 12.7. The number of aryl methyl sites for hydroxylation is 1. The van der Waals surface area contributed by atoms with Gasteiger partial charge in [0.1, 0.15) is 0 Å². The number of thioether (sulfide) groups is 1. The van der Waals surface area contributed by atoms with Gasteiger partial charge in [-0.15, -0.1) is 11.8 Å². The Kier molecular flexibility index (Phi) is 6.08. The Hall–Kier alpha value is -1.00. The van der Waals surface area contributed by atoms with Gasteiger partial charge < -0.3 is 11.1 Å². The molecule has 0 heterocycles. The molecule has 1 rings (SSSR count). The minimum absolute atomic E-state index is 0.0656. The van der Waals surface area contributed by atoms with Crippen molar-refractivity contribution < 1.29 is 4.79 Å². The molecule has 1 aromatic rings. The van der Waals surface area contributed by atoms with Crippen LogP contribution in [0.25, 0.3) is 0 Å². The number of carbonyl (C=O) groups excluding carboxylic acids is 1. The minimum atomic E-state index is 0.0656. The van der Waals surface area contributed by atoms with Crippen molar-refractivity contribution in [2.24, 2.45) is 11.7 Å². The summed E-state index contributed by atoms with van der Waals surface area (Å²) in [7, 11) is 0. The first kappa shape index (κ1) is 14.1. The van der Waals surface area contributed by atoms with E-state index in [9.17, 15) is 4.79 Å². The molecule has 0 saturated heterocycles. The third-order valence-electron chi connectivity index (χ3n) is 2.44. The lowest BCUT2D eigenvalue weighted by atomic mass is 10.2. The zero-order valence-electron chi connectivity index (χ0n) is 10.4. The van der Waals surface area contributed by atoms with Crippen LogP contribution in [0.3, 0.4) is 0 Å². The molecule has 17 heavy (non-hydrogen) atoms. The van der Waals surface area contributed by atoms with E-state index in [0.29, 0.717) is 24.8 Å². The molecule has 1 aromatic carbocycles. The van der Waals surface area contributed by atoms with Crippen molar-refractivity contribution in [1.82, 2.24) is 5.32 Å². The van der Waals surface area contributed by atoms with Crippen molar-refractivity contribution in [3.05, 3.63) is 29.8 Å². The Balaban J connectivity index is 2.26. The van der Waals surface area contributed by atoms with Crippen LogP contribution in [0.2, 0.25) is 0 Å². The minimum Gasteiger partial charge on any atom is -0.355 e. The molecule has 0 aliphatic carbocycles. The molecule has 3 nitrogen and oxygen atoms in total. The van der Waals surface area contributed by atoms with Crippen LogP contribution in [0.5, 0.6) is 0 Å². The van der Waals surface area contributed by atoms with E-state index >= 15 is 0 Å². The predicted octanol–water partition coefficient (Wildman–Crippen LogP) is 1.80. The molecule has 0 fully saturated rings. The molecular formula is C13H20N2OS. The number of hydrogen-bond acceptors (Lipinski definition) is 3. The summed E-state index contributed by atoms with van der Waals surface area (Å²) in [5, 5.41) is 2.88. The lowest BCUT2D eigenvalue weighted by molar-refractivity contribution is -0.118. The van der Waals surface area contributed by atoms with Gasteiger partial charge in [0.05, 0.1) is 5.75 Å². The molecule has 3 N–H and O–H groups in total. The summed E-state index contributed by atoms with van der Waals surface area (Å²) in [6.45, 7) is 5.33. The fourth-order valence-electron chi connectivity index (χ4n) is 1.21. The van der Waals surface area contributed by atoms with Gasteiger partial charge in [-0.1, -0.05) is 24.6 Å². The number of rotatable bonds is 6. The SMILES string of the molecule is Cc1ccc(SCC(=O)NCC(C)CN)cc1. The number of hydrogen-bond donors (Lipinski definition) is 2. The Bertz CT molecular complexity index is 351. The molecule has 0 radical (unpaired) electrons. The molecule has 0 aliphatic heterocycles. The van der Waals surface area contributed by atoms with Crippen molar-refractivity contribution in [2.45, 2.75) is 18.7 Å². The van der Waals surface area contributed by atoms with Gasteiger partial charge in [-0.3, -0.25) is 4.79 Å². The number of carbonyl (C=O) groups is 1. The van der Waals surface area contributed by atoms with Gasteiger partial charge in [-0.2, -0.15) is 0 Å². The second kappa shape index (κ2) is 7.35. The Morgan fingerprint density at radius 2 is 2.06 bits per heavy atom. The monoisotopic (exact) mass is 252 g/mol. The fraction of sp³-hybridized carbons (Fsp3) is 0.462. The number of amides is 1. The molecule has 0 bridgehead atoms. The van der Waals surface area contributed by atoms with E-state index in [1.165, 1.54) is 5.56 Å². The summed E-state index contributed by atoms with van der Waals surface area (Å²) in [4.78, 5) is 12.7. The topological polar surface area (TPSA) is 55.1 Å². The lowest BCUT2D eigenvalue weighted by Gasteiger charge is -2.09. The van der Waals surface area contributed by atoms with Crippen molar-refractivity contribution >= 4 is 17.7 Å². The van der Waals surface area contributed by atoms with Crippen molar-refractivity contribution in [2.75, 3.05) is 18.8 Å². The molecule has 1 unspecified atom stereocenters. The van der Waals surface area contributed by atoms with E-state index in [0.717, 1.165) is 4.90 Å². The van der Waals surface area contributed by atoms with Crippen molar-refractivity contribution in [1.29, 1.82) is 0 Å². The normalized spacial score (nSPS) is 12.2. The van der Waals surface area contributed by atoms with E-state index < -0.39 is 0 Å². The zero-order valence-corrected chi connectivity index (χ0v) is 11.2. The average molecular weight is 252 g/mol. The molecule has 0 spiro atoms. The van der Waals surface area contributed by atoms with Gasteiger partial charge in [-0.05, 0) is 31.5 Å². The van der Waals surface area contributed by atoms with Gasteiger partial charge >= 0.3 is 0 Å². The quantitative estimate of drug-likeness (QED) is 0.759. The van der Waals surface area contributed by atoms with Crippen LogP contribution in [-0.2, 0) is 4.79 Å². The number of nitrogens with two attached hydrogens (primary N) is 1. The van der Waals surface area contributed by atoms with E-state index in [1.54, 1.807) is 11.8 Å². The van der Waals surface area contributed by atoms with Gasteiger partial charge in [0, 0.05) is 11.4 Å². The maximum absolute atomic E-state index is 11.5. The summed E-state index contributed by atoms with van der Waals surface area (Å²) >= 11 is 1.55. The first-order chi connectivity index (χ1) is 8.11. The molecule has 1 amide bonds. The Morgan fingerprint density at radius 3 is 2.65 bits per heavy atom. The third-order valence-corrected chi connectivity index (χ3v) is 3.45. The molecule has 0 aromatic heterocycles. The summed E-state index contributed by atoms with van der Waals surface area (Å²) in [6, 6.07) is 8.18. The highest BCUT2D eigenvalue weighted by Gasteiger charge is 2.04. The van der Waals surface area contributed by atoms with Crippen LogP contribution >= 0.6 is 11.8 Å². The highest BCUT2D eigenvalue weighted by molar-refractivity contribution is 8.00.